The molecule has 2 aliphatic heterocycles. The van der Waals surface area contributed by atoms with E-state index in [1.165, 1.54) is 11.1 Å². The molecule has 4 rings (SSSR count). The minimum Gasteiger partial charge on any atom is -0.497 e. The van der Waals surface area contributed by atoms with Crippen molar-refractivity contribution in [1.29, 1.82) is 0 Å². The van der Waals surface area contributed by atoms with E-state index in [4.69, 9.17) is 4.74 Å². The van der Waals surface area contributed by atoms with Crippen molar-refractivity contribution in [2.75, 3.05) is 33.8 Å². The third-order valence-electron chi connectivity index (χ3n) is 5.94. The fourth-order valence-electron chi connectivity index (χ4n) is 4.21. The van der Waals surface area contributed by atoms with E-state index < -0.39 is 0 Å². The van der Waals surface area contributed by atoms with E-state index in [-0.39, 0.29) is 24.0 Å². The van der Waals surface area contributed by atoms with Crippen LogP contribution in [0.25, 0.3) is 5.57 Å². The van der Waals surface area contributed by atoms with E-state index in [9.17, 15) is 0 Å². The minimum absolute atomic E-state index is 0. The van der Waals surface area contributed by atoms with Crippen molar-refractivity contribution in [3.63, 3.8) is 0 Å². The first-order valence-electron chi connectivity index (χ1n) is 10.4. The highest BCUT2D eigenvalue weighted by Gasteiger charge is 2.23. The molecule has 0 spiro atoms. The number of guanidine groups is 1. The average molecular weight is 522 g/mol. The Kier molecular flexibility index (Phi) is 7.74. The largest absolute Gasteiger partial charge is 0.497 e. The lowest BCUT2D eigenvalue weighted by molar-refractivity contribution is 0.350. The van der Waals surface area contributed by atoms with Crippen LogP contribution in [0.5, 0.6) is 5.75 Å². The molecule has 0 saturated carbocycles. The van der Waals surface area contributed by atoms with Crippen molar-refractivity contribution < 1.29 is 4.74 Å². The Balaban J connectivity index is 0.00000256. The van der Waals surface area contributed by atoms with Crippen LogP contribution >= 0.6 is 24.0 Å². The van der Waals surface area contributed by atoms with Gasteiger partial charge in [-0.15, -0.1) is 34.2 Å². The number of methoxy groups -OCH3 is 1. The fraction of sp³-hybridized carbons (Fsp3) is 0.500. The molecule has 1 unspecified atom stereocenters. The van der Waals surface area contributed by atoms with Gasteiger partial charge in [-0.2, -0.15) is 0 Å². The molecule has 7 nitrogen and oxygen atoms in total. The number of ether oxygens (including phenoxy) is 1. The van der Waals surface area contributed by atoms with Gasteiger partial charge in [0.15, 0.2) is 5.96 Å². The summed E-state index contributed by atoms with van der Waals surface area (Å²) in [6.07, 6.45) is 5.45. The smallest absolute Gasteiger partial charge is 0.193 e. The van der Waals surface area contributed by atoms with Gasteiger partial charge in [-0.1, -0.05) is 18.2 Å². The summed E-state index contributed by atoms with van der Waals surface area (Å²) in [5.41, 5.74) is 2.62. The summed E-state index contributed by atoms with van der Waals surface area (Å²) in [6.45, 7) is 5.77. The van der Waals surface area contributed by atoms with Gasteiger partial charge in [-0.05, 0) is 49.0 Å². The van der Waals surface area contributed by atoms with Gasteiger partial charge in [0.2, 0.25) is 0 Å². The molecule has 1 aromatic heterocycles. The van der Waals surface area contributed by atoms with Gasteiger partial charge in [-0.3, -0.25) is 4.99 Å². The Labute approximate surface area is 195 Å². The van der Waals surface area contributed by atoms with Crippen LogP contribution in [0.2, 0.25) is 0 Å². The number of halogens is 1. The highest BCUT2D eigenvalue weighted by Crippen LogP contribution is 2.25. The van der Waals surface area contributed by atoms with Crippen LogP contribution in [-0.4, -0.2) is 59.4 Å². The number of aromatic nitrogens is 3. The molecule has 0 aliphatic carbocycles. The third kappa shape index (κ3) is 4.96. The Morgan fingerprint density at radius 3 is 2.90 bits per heavy atom. The number of rotatable bonds is 4. The molecule has 0 fully saturated rings. The van der Waals surface area contributed by atoms with E-state index in [0.717, 1.165) is 68.8 Å². The molecule has 8 heteroatoms. The number of aryl methyl sites for hydroxylation is 2. The van der Waals surface area contributed by atoms with Gasteiger partial charge >= 0.3 is 0 Å². The van der Waals surface area contributed by atoms with Gasteiger partial charge in [0.05, 0.1) is 7.11 Å². The summed E-state index contributed by atoms with van der Waals surface area (Å²) in [5.74, 6) is 4.59. The number of aliphatic imine (C=N–C) groups is 1. The van der Waals surface area contributed by atoms with E-state index in [2.05, 4.69) is 54.2 Å². The maximum atomic E-state index is 5.36. The van der Waals surface area contributed by atoms with Crippen LogP contribution in [-0.2, 0) is 13.0 Å². The second-order valence-electron chi connectivity index (χ2n) is 7.76. The van der Waals surface area contributed by atoms with Crippen LogP contribution in [0.1, 0.15) is 30.1 Å². The second kappa shape index (κ2) is 10.3. The Hall–Kier alpha value is -2.10. The number of hydrogen-bond donors (Lipinski definition) is 1. The second-order valence-corrected chi connectivity index (χ2v) is 7.76. The third-order valence-corrected chi connectivity index (χ3v) is 5.94. The Bertz CT molecular complexity index is 922. The topological polar surface area (TPSA) is 67.6 Å². The Morgan fingerprint density at radius 2 is 2.17 bits per heavy atom. The van der Waals surface area contributed by atoms with Crippen LogP contribution in [0.15, 0.2) is 35.3 Å². The van der Waals surface area contributed by atoms with Crippen LogP contribution in [0.4, 0.5) is 0 Å². The lowest BCUT2D eigenvalue weighted by atomic mass is 9.99. The van der Waals surface area contributed by atoms with E-state index in [0.29, 0.717) is 5.92 Å². The first-order valence-corrected chi connectivity index (χ1v) is 10.4. The highest BCUT2D eigenvalue weighted by atomic mass is 127. The lowest BCUT2D eigenvalue weighted by Gasteiger charge is -2.31. The van der Waals surface area contributed by atoms with Gasteiger partial charge in [0, 0.05) is 39.6 Å². The molecule has 0 saturated heterocycles. The number of benzene rings is 1. The average Bonchev–Trinajstić information content (AvgIpc) is 3.15. The van der Waals surface area contributed by atoms with Crippen LogP contribution in [0, 0.1) is 12.8 Å². The molecule has 0 radical (unpaired) electrons. The quantitative estimate of drug-likeness (QED) is 0.380. The molecular formula is C22H31IN6O. The van der Waals surface area contributed by atoms with Crippen LogP contribution < -0.4 is 10.1 Å². The normalized spacial score (nSPS) is 18.9. The molecule has 1 aromatic carbocycles. The molecule has 0 bridgehead atoms. The van der Waals surface area contributed by atoms with Crippen molar-refractivity contribution >= 4 is 35.5 Å². The van der Waals surface area contributed by atoms with Gasteiger partial charge in [0.25, 0.3) is 0 Å². The molecule has 162 valence electrons. The van der Waals surface area contributed by atoms with Crippen molar-refractivity contribution in [2.24, 2.45) is 10.9 Å². The van der Waals surface area contributed by atoms with Crippen molar-refractivity contribution in [1.82, 2.24) is 25.0 Å². The summed E-state index contributed by atoms with van der Waals surface area (Å²) in [4.78, 5) is 6.85. The first-order chi connectivity index (χ1) is 14.2. The van der Waals surface area contributed by atoms with Crippen molar-refractivity contribution in [2.45, 2.75) is 32.7 Å². The summed E-state index contributed by atoms with van der Waals surface area (Å²) >= 11 is 0. The number of fused-ring (bicyclic) bond motifs is 1. The Morgan fingerprint density at radius 1 is 1.30 bits per heavy atom. The van der Waals surface area contributed by atoms with Gasteiger partial charge in [-0.25, -0.2) is 0 Å². The number of nitrogens with zero attached hydrogens (tertiary/aromatic N) is 5. The zero-order chi connectivity index (χ0) is 20.2. The standard InChI is InChI=1S/C22H30N6O.HI/c1-16-25-26-21-8-7-17(15-28(16)21)14-24-22(23-2)27-11-9-18(10-12-27)19-5-4-6-20(13-19)29-3;/h4-6,9,13,17H,7-8,10-12,14-15H2,1-3H3,(H,23,24);1H. The predicted molar refractivity (Wildman–Crippen MR) is 131 cm³/mol. The minimum atomic E-state index is 0. The van der Waals surface area contributed by atoms with Gasteiger partial charge < -0.3 is 19.5 Å². The van der Waals surface area contributed by atoms with Crippen molar-refractivity contribution in [3.05, 3.63) is 47.6 Å². The van der Waals surface area contributed by atoms with Crippen molar-refractivity contribution in [3.8, 4) is 5.75 Å². The summed E-state index contributed by atoms with van der Waals surface area (Å²) in [6, 6.07) is 8.30. The van der Waals surface area contributed by atoms with Crippen LogP contribution in [0.3, 0.4) is 0 Å². The number of nitrogens with one attached hydrogen (secondary N) is 1. The summed E-state index contributed by atoms with van der Waals surface area (Å²) in [7, 11) is 3.58. The zero-order valence-corrected chi connectivity index (χ0v) is 20.3. The maximum absolute atomic E-state index is 5.36. The van der Waals surface area contributed by atoms with E-state index in [1.54, 1.807) is 7.11 Å². The molecule has 0 amide bonds. The first kappa shape index (κ1) is 22.6. The van der Waals surface area contributed by atoms with E-state index >= 15 is 0 Å². The zero-order valence-electron chi connectivity index (χ0n) is 18.0. The summed E-state index contributed by atoms with van der Waals surface area (Å²) in [5, 5.41) is 12.1. The predicted octanol–water partition coefficient (Wildman–Crippen LogP) is 3.14. The molecular weight excluding hydrogens is 491 g/mol. The monoisotopic (exact) mass is 522 g/mol. The maximum Gasteiger partial charge on any atom is 0.193 e. The molecule has 1 N–H and O–H groups in total. The number of hydrogen-bond acceptors (Lipinski definition) is 4. The molecule has 30 heavy (non-hydrogen) atoms. The van der Waals surface area contributed by atoms with Gasteiger partial charge in [0.1, 0.15) is 17.4 Å². The highest BCUT2D eigenvalue weighted by molar-refractivity contribution is 14.0. The molecule has 2 aromatic rings. The SMILES string of the molecule is CN=C(NCC1CCc2nnc(C)n2C1)N1CC=C(c2cccc(OC)c2)CC1.I. The molecule has 1 atom stereocenters. The molecule has 3 heterocycles. The lowest BCUT2D eigenvalue weighted by Crippen LogP contribution is -2.45. The molecule has 2 aliphatic rings. The fourth-order valence-corrected chi connectivity index (χ4v) is 4.21. The summed E-state index contributed by atoms with van der Waals surface area (Å²) < 4.78 is 7.61. The van der Waals surface area contributed by atoms with E-state index in [1.807, 2.05) is 20.0 Å².